The maximum atomic E-state index is 11.3. The van der Waals surface area contributed by atoms with E-state index >= 15 is 0 Å². The summed E-state index contributed by atoms with van der Waals surface area (Å²) in [5.41, 5.74) is 0.832. The molecule has 24 heavy (non-hydrogen) atoms. The van der Waals surface area contributed by atoms with Crippen molar-refractivity contribution in [1.29, 1.82) is 5.26 Å². The Morgan fingerprint density at radius 1 is 1.50 bits per heavy atom. The van der Waals surface area contributed by atoms with Gasteiger partial charge in [-0.05, 0) is 25.8 Å². The van der Waals surface area contributed by atoms with E-state index < -0.39 is 4.92 Å². The van der Waals surface area contributed by atoms with Crippen molar-refractivity contribution in [2.24, 2.45) is 0 Å². The molecule has 1 saturated heterocycles. The van der Waals surface area contributed by atoms with Gasteiger partial charge in [-0.25, -0.2) is 9.97 Å². The van der Waals surface area contributed by atoms with Crippen LogP contribution in [0.2, 0.25) is 0 Å². The van der Waals surface area contributed by atoms with Crippen molar-refractivity contribution in [3.63, 3.8) is 0 Å². The number of pyridine rings is 1. The molecule has 2 aromatic rings. The van der Waals surface area contributed by atoms with Crippen LogP contribution >= 0.6 is 11.3 Å². The Labute approximate surface area is 142 Å². The molecule has 3 rings (SSSR count). The Balaban J connectivity index is 1.71. The van der Waals surface area contributed by atoms with Crippen LogP contribution in [-0.2, 0) is 0 Å². The summed E-state index contributed by atoms with van der Waals surface area (Å²) in [5, 5.41) is 26.7. The van der Waals surface area contributed by atoms with Crippen LogP contribution in [0.25, 0.3) is 0 Å². The monoisotopic (exact) mass is 344 g/mol. The van der Waals surface area contributed by atoms with E-state index in [1.54, 1.807) is 11.3 Å². The molecule has 0 unspecified atom stereocenters. The van der Waals surface area contributed by atoms with Crippen LogP contribution in [0.3, 0.4) is 0 Å². The predicted molar refractivity (Wildman–Crippen MR) is 91.3 cm³/mol. The van der Waals surface area contributed by atoms with Crippen LogP contribution in [0, 0.1) is 28.4 Å². The third-order valence-corrected chi connectivity index (χ3v) is 4.84. The Hall–Kier alpha value is -2.73. The summed E-state index contributed by atoms with van der Waals surface area (Å²) in [6.45, 7) is 3.24. The van der Waals surface area contributed by atoms with Gasteiger partial charge in [-0.15, -0.1) is 11.3 Å². The lowest BCUT2D eigenvalue weighted by Crippen LogP contribution is -2.39. The smallest absolute Gasteiger partial charge is 0.329 e. The second-order valence-electron chi connectivity index (χ2n) is 5.60. The van der Waals surface area contributed by atoms with Crippen LogP contribution in [-0.4, -0.2) is 34.0 Å². The van der Waals surface area contributed by atoms with Gasteiger partial charge in [-0.1, -0.05) is 0 Å². The van der Waals surface area contributed by atoms with Crippen molar-refractivity contribution >= 4 is 28.0 Å². The zero-order valence-corrected chi connectivity index (χ0v) is 13.9. The fourth-order valence-corrected chi connectivity index (χ4v) is 3.54. The van der Waals surface area contributed by atoms with Crippen molar-refractivity contribution in [2.45, 2.75) is 25.8 Å². The average Bonchev–Trinajstić information content (AvgIpc) is 2.99. The highest BCUT2D eigenvalue weighted by Gasteiger charge is 2.28. The van der Waals surface area contributed by atoms with Crippen molar-refractivity contribution in [3.8, 4) is 6.07 Å². The fraction of sp³-hybridized carbons (Fsp3) is 0.400. The number of nitrogens with zero attached hydrogens (tertiary/aromatic N) is 5. The molecule has 0 spiro atoms. The van der Waals surface area contributed by atoms with Gasteiger partial charge in [0.05, 0.1) is 10.6 Å². The zero-order chi connectivity index (χ0) is 17.1. The quantitative estimate of drug-likeness (QED) is 0.671. The van der Waals surface area contributed by atoms with E-state index in [1.807, 2.05) is 23.3 Å². The van der Waals surface area contributed by atoms with Crippen molar-refractivity contribution in [3.05, 3.63) is 39.0 Å². The lowest BCUT2D eigenvalue weighted by atomic mass is 10.0. The average molecular weight is 344 g/mol. The number of piperidine rings is 1. The van der Waals surface area contributed by atoms with Gasteiger partial charge in [0, 0.05) is 30.7 Å². The molecule has 1 aliphatic rings. The summed E-state index contributed by atoms with van der Waals surface area (Å²) in [4.78, 5) is 21.2. The van der Waals surface area contributed by atoms with Crippen LogP contribution in [0.4, 0.5) is 16.6 Å². The number of nitrogens with one attached hydrogen (secondary N) is 1. The van der Waals surface area contributed by atoms with Gasteiger partial charge in [0.15, 0.2) is 5.13 Å². The molecule has 2 aromatic heterocycles. The molecular formula is C15H16N6O2S. The van der Waals surface area contributed by atoms with Crippen LogP contribution in [0.1, 0.15) is 24.1 Å². The Morgan fingerprint density at radius 3 is 2.83 bits per heavy atom. The topological polar surface area (TPSA) is 108 Å². The Bertz CT molecular complexity index is 792. The maximum absolute atomic E-state index is 11.3. The number of hydrogen-bond donors (Lipinski definition) is 1. The lowest BCUT2D eigenvalue weighted by molar-refractivity contribution is -0.384. The number of thiazole rings is 1. The molecule has 0 saturated carbocycles. The number of nitriles is 1. The second kappa shape index (κ2) is 6.80. The highest BCUT2D eigenvalue weighted by molar-refractivity contribution is 7.13. The summed E-state index contributed by atoms with van der Waals surface area (Å²) < 4.78 is 0. The molecule has 9 heteroatoms. The van der Waals surface area contributed by atoms with Gasteiger partial charge in [-0.2, -0.15) is 5.26 Å². The molecule has 8 nitrogen and oxygen atoms in total. The van der Waals surface area contributed by atoms with E-state index in [-0.39, 0.29) is 23.1 Å². The number of aryl methyl sites for hydroxylation is 1. The molecule has 0 atom stereocenters. The zero-order valence-electron chi connectivity index (χ0n) is 13.1. The molecule has 0 radical (unpaired) electrons. The van der Waals surface area contributed by atoms with Crippen LogP contribution in [0.5, 0.6) is 0 Å². The van der Waals surface area contributed by atoms with Crippen LogP contribution in [0.15, 0.2) is 17.6 Å². The van der Waals surface area contributed by atoms with E-state index in [0.717, 1.165) is 23.7 Å². The molecule has 0 bridgehead atoms. The molecule has 0 amide bonds. The largest absolute Gasteiger partial charge is 0.359 e. The Morgan fingerprint density at radius 2 is 2.25 bits per heavy atom. The SMILES string of the molecule is Cc1csc(NC2CCN(c3nccc(C#N)c3[N+](=O)[O-])CC2)n1. The van der Waals surface area contributed by atoms with Crippen molar-refractivity contribution < 1.29 is 4.92 Å². The van der Waals surface area contributed by atoms with E-state index in [9.17, 15) is 10.1 Å². The summed E-state index contributed by atoms with van der Waals surface area (Å²) in [5.74, 6) is 0.280. The van der Waals surface area contributed by atoms with E-state index in [0.29, 0.717) is 13.1 Å². The second-order valence-corrected chi connectivity index (χ2v) is 6.46. The van der Waals surface area contributed by atoms with Crippen molar-refractivity contribution in [1.82, 2.24) is 9.97 Å². The highest BCUT2D eigenvalue weighted by atomic mass is 32.1. The first kappa shape index (κ1) is 16.1. The van der Waals surface area contributed by atoms with Crippen molar-refractivity contribution in [2.75, 3.05) is 23.3 Å². The standard InChI is InChI=1S/C15H16N6O2S/c1-10-9-24-15(18-10)19-12-3-6-20(7-4-12)14-13(21(22)23)11(8-16)2-5-17-14/h2,5,9,12H,3-4,6-7H2,1H3,(H,18,19). The lowest BCUT2D eigenvalue weighted by Gasteiger charge is -2.32. The van der Waals surface area contributed by atoms with Gasteiger partial charge in [0.2, 0.25) is 5.82 Å². The van der Waals surface area contributed by atoms with Gasteiger partial charge in [0.1, 0.15) is 11.6 Å². The first-order valence-electron chi connectivity index (χ1n) is 7.55. The van der Waals surface area contributed by atoms with Gasteiger partial charge in [0.25, 0.3) is 0 Å². The highest BCUT2D eigenvalue weighted by Crippen LogP contribution is 2.31. The maximum Gasteiger partial charge on any atom is 0.329 e. The van der Waals surface area contributed by atoms with Gasteiger partial charge >= 0.3 is 5.69 Å². The number of aromatic nitrogens is 2. The number of rotatable bonds is 4. The third kappa shape index (κ3) is 3.28. The summed E-state index contributed by atoms with van der Waals surface area (Å²) in [7, 11) is 0. The first-order valence-corrected chi connectivity index (χ1v) is 8.43. The predicted octanol–water partition coefficient (Wildman–Crippen LogP) is 2.71. The molecule has 124 valence electrons. The minimum absolute atomic E-state index is 0.0449. The number of hydrogen-bond acceptors (Lipinski definition) is 8. The molecular weight excluding hydrogens is 328 g/mol. The summed E-state index contributed by atoms with van der Waals surface area (Å²) >= 11 is 1.58. The number of nitro groups is 1. The summed E-state index contributed by atoms with van der Waals surface area (Å²) in [6.07, 6.45) is 3.10. The minimum atomic E-state index is -0.524. The third-order valence-electron chi connectivity index (χ3n) is 3.95. The molecule has 0 aromatic carbocycles. The van der Waals surface area contributed by atoms with Gasteiger partial charge in [-0.3, -0.25) is 10.1 Å². The molecule has 0 aliphatic carbocycles. The van der Waals surface area contributed by atoms with E-state index in [4.69, 9.17) is 5.26 Å². The summed E-state index contributed by atoms with van der Waals surface area (Å²) in [6, 6.07) is 3.53. The number of anilines is 2. The van der Waals surface area contributed by atoms with Crippen LogP contribution < -0.4 is 10.2 Å². The molecule has 3 heterocycles. The molecule has 1 aliphatic heterocycles. The minimum Gasteiger partial charge on any atom is -0.359 e. The Kier molecular flexibility index (Phi) is 4.57. The van der Waals surface area contributed by atoms with E-state index in [1.165, 1.54) is 12.3 Å². The van der Waals surface area contributed by atoms with E-state index in [2.05, 4.69) is 15.3 Å². The normalized spacial score (nSPS) is 15.1. The van der Waals surface area contributed by atoms with Gasteiger partial charge < -0.3 is 10.2 Å². The molecule has 1 N–H and O–H groups in total. The fourth-order valence-electron chi connectivity index (χ4n) is 2.78. The molecule has 1 fully saturated rings. The first-order chi connectivity index (χ1) is 11.6.